The van der Waals surface area contributed by atoms with Crippen LogP contribution in [-0.2, 0) is 13.1 Å². The van der Waals surface area contributed by atoms with Crippen molar-refractivity contribution in [2.75, 3.05) is 20.9 Å². The van der Waals surface area contributed by atoms with Crippen LogP contribution in [0.25, 0.3) is 0 Å². The number of rotatable bonds is 5. The molecule has 1 aliphatic rings. The lowest BCUT2D eigenvalue weighted by atomic mass is 10.1. The van der Waals surface area contributed by atoms with Crippen LogP contribution in [-0.4, -0.2) is 36.9 Å². The van der Waals surface area contributed by atoms with Crippen molar-refractivity contribution in [2.45, 2.75) is 32.9 Å². The van der Waals surface area contributed by atoms with Gasteiger partial charge in [0, 0.05) is 26.7 Å². The Balaban J connectivity index is 1.58. The topological polar surface area (TPSA) is 72.1 Å². The number of aromatic nitrogens is 1. The summed E-state index contributed by atoms with van der Waals surface area (Å²) in [4.78, 5) is 6.37. The summed E-state index contributed by atoms with van der Waals surface area (Å²) in [6.07, 6.45) is 0. The predicted octanol–water partition coefficient (Wildman–Crippen LogP) is 2.73. The van der Waals surface area contributed by atoms with Crippen LogP contribution in [0.5, 0.6) is 11.5 Å². The average molecular weight is 344 g/mol. The molecule has 0 aliphatic carbocycles. The smallest absolute Gasteiger partial charge is 0.231 e. The van der Waals surface area contributed by atoms with Crippen LogP contribution in [0.1, 0.15) is 36.8 Å². The first kappa shape index (κ1) is 17.1. The van der Waals surface area contributed by atoms with Gasteiger partial charge in [-0.2, -0.15) is 0 Å². The third-order valence-electron chi connectivity index (χ3n) is 4.02. The Bertz CT molecular complexity index is 755. The van der Waals surface area contributed by atoms with Gasteiger partial charge in [-0.15, -0.1) is 0 Å². The van der Waals surface area contributed by atoms with Gasteiger partial charge in [0.15, 0.2) is 23.2 Å². The van der Waals surface area contributed by atoms with Crippen molar-refractivity contribution >= 4 is 5.96 Å². The summed E-state index contributed by atoms with van der Waals surface area (Å²) in [6, 6.07) is 7.94. The van der Waals surface area contributed by atoms with Crippen LogP contribution in [0.15, 0.2) is 33.8 Å². The standard InChI is InChI=1S/C18H24N4O3/c1-12(2)15-8-14(25-21-15)9-20-18(19-3)22(4)10-13-5-6-16-17(7-13)24-11-23-16/h5-8,12H,9-11H2,1-4H3,(H,19,20). The summed E-state index contributed by atoms with van der Waals surface area (Å²) in [5.41, 5.74) is 2.08. The van der Waals surface area contributed by atoms with Crippen LogP contribution in [0.4, 0.5) is 0 Å². The normalized spacial score (nSPS) is 13.4. The van der Waals surface area contributed by atoms with Gasteiger partial charge in [0.05, 0.1) is 12.2 Å². The molecule has 1 aromatic heterocycles. The molecule has 25 heavy (non-hydrogen) atoms. The molecule has 0 unspecified atom stereocenters. The van der Waals surface area contributed by atoms with Crippen molar-refractivity contribution in [2.24, 2.45) is 4.99 Å². The third-order valence-corrected chi connectivity index (χ3v) is 4.02. The lowest BCUT2D eigenvalue weighted by Crippen LogP contribution is -2.37. The molecule has 2 heterocycles. The Kier molecular flexibility index (Phi) is 5.11. The first-order valence-corrected chi connectivity index (χ1v) is 8.32. The molecular formula is C18H24N4O3. The Morgan fingerprint density at radius 3 is 2.80 bits per heavy atom. The zero-order valence-corrected chi connectivity index (χ0v) is 15.1. The third kappa shape index (κ3) is 4.04. The molecule has 134 valence electrons. The first-order valence-electron chi connectivity index (χ1n) is 8.32. The SMILES string of the molecule is CN=C(NCc1cc(C(C)C)no1)N(C)Cc1ccc2c(c1)OCO2. The number of benzene rings is 1. The highest BCUT2D eigenvalue weighted by Crippen LogP contribution is 2.32. The highest BCUT2D eigenvalue weighted by molar-refractivity contribution is 5.79. The monoisotopic (exact) mass is 344 g/mol. The highest BCUT2D eigenvalue weighted by atomic mass is 16.7. The summed E-state index contributed by atoms with van der Waals surface area (Å²) in [5.74, 6) is 3.50. The van der Waals surface area contributed by atoms with Crippen molar-refractivity contribution in [3.8, 4) is 11.5 Å². The summed E-state index contributed by atoms with van der Waals surface area (Å²) in [5, 5.41) is 7.37. The lowest BCUT2D eigenvalue weighted by molar-refractivity contribution is 0.174. The van der Waals surface area contributed by atoms with E-state index in [1.54, 1.807) is 7.05 Å². The maximum Gasteiger partial charge on any atom is 0.231 e. The summed E-state index contributed by atoms with van der Waals surface area (Å²) < 4.78 is 16.1. The highest BCUT2D eigenvalue weighted by Gasteiger charge is 2.15. The number of aliphatic imine (C=N–C) groups is 1. The zero-order chi connectivity index (χ0) is 17.8. The second kappa shape index (κ2) is 7.46. The molecule has 0 spiro atoms. The molecule has 0 bridgehead atoms. The van der Waals surface area contributed by atoms with Crippen LogP contribution in [0, 0.1) is 0 Å². The molecule has 0 fully saturated rings. The molecule has 3 rings (SSSR count). The molecule has 0 atom stereocenters. The van der Waals surface area contributed by atoms with E-state index in [1.807, 2.05) is 36.2 Å². The van der Waals surface area contributed by atoms with Gasteiger partial charge in [-0.25, -0.2) is 0 Å². The van der Waals surface area contributed by atoms with E-state index < -0.39 is 0 Å². The van der Waals surface area contributed by atoms with Crippen molar-refractivity contribution in [1.29, 1.82) is 0 Å². The lowest BCUT2D eigenvalue weighted by Gasteiger charge is -2.21. The summed E-state index contributed by atoms with van der Waals surface area (Å²) in [7, 11) is 3.75. The molecule has 7 heteroatoms. The number of guanidine groups is 1. The van der Waals surface area contributed by atoms with Gasteiger partial charge in [0.25, 0.3) is 0 Å². The van der Waals surface area contributed by atoms with Crippen molar-refractivity contribution < 1.29 is 14.0 Å². The second-order valence-corrected chi connectivity index (χ2v) is 6.32. The van der Waals surface area contributed by atoms with Crippen molar-refractivity contribution in [1.82, 2.24) is 15.4 Å². The summed E-state index contributed by atoms with van der Waals surface area (Å²) >= 11 is 0. The van der Waals surface area contributed by atoms with Gasteiger partial charge in [0.2, 0.25) is 6.79 Å². The minimum absolute atomic E-state index is 0.285. The molecule has 1 aromatic carbocycles. The molecule has 0 amide bonds. The Hall–Kier alpha value is -2.70. The number of hydrogen-bond acceptors (Lipinski definition) is 5. The van der Waals surface area contributed by atoms with Crippen LogP contribution in [0.2, 0.25) is 0 Å². The first-order chi connectivity index (χ1) is 12.1. The van der Waals surface area contributed by atoms with E-state index >= 15 is 0 Å². The van der Waals surface area contributed by atoms with Gasteiger partial charge in [-0.1, -0.05) is 25.1 Å². The van der Waals surface area contributed by atoms with E-state index in [1.165, 1.54) is 0 Å². The van der Waals surface area contributed by atoms with E-state index in [0.717, 1.165) is 34.5 Å². The summed E-state index contributed by atoms with van der Waals surface area (Å²) in [6.45, 7) is 5.70. The van der Waals surface area contributed by atoms with E-state index in [-0.39, 0.29) is 6.79 Å². The quantitative estimate of drug-likeness (QED) is 0.664. The second-order valence-electron chi connectivity index (χ2n) is 6.32. The zero-order valence-electron chi connectivity index (χ0n) is 15.1. The van der Waals surface area contributed by atoms with E-state index in [4.69, 9.17) is 14.0 Å². The number of hydrogen-bond donors (Lipinski definition) is 1. The van der Waals surface area contributed by atoms with Gasteiger partial charge < -0.3 is 24.2 Å². The molecule has 0 radical (unpaired) electrons. The maximum absolute atomic E-state index is 5.43. The van der Waals surface area contributed by atoms with Gasteiger partial charge >= 0.3 is 0 Å². The van der Waals surface area contributed by atoms with Gasteiger partial charge in [-0.05, 0) is 23.6 Å². The Morgan fingerprint density at radius 2 is 2.08 bits per heavy atom. The van der Waals surface area contributed by atoms with E-state index in [2.05, 4.69) is 29.3 Å². The van der Waals surface area contributed by atoms with E-state index in [9.17, 15) is 0 Å². The average Bonchev–Trinajstić information content (AvgIpc) is 3.23. The fourth-order valence-corrected chi connectivity index (χ4v) is 2.62. The minimum atomic E-state index is 0.285. The Morgan fingerprint density at radius 1 is 1.28 bits per heavy atom. The predicted molar refractivity (Wildman–Crippen MR) is 94.8 cm³/mol. The number of nitrogens with one attached hydrogen (secondary N) is 1. The molecule has 2 aromatic rings. The fraction of sp³-hybridized carbons (Fsp3) is 0.444. The molecule has 0 saturated heterocycles. The molecule has 0 saturated carbocycles. The molecule has 7 nitrogen and oxygen atoms in total. The number of fused-ring (bicyclic) bond motifs is 1. The van der Waals surface area contributed by atoms with Crippen molar-refractivity contribution in [3.63, 3.8) is 0 Å². The Labute approximate surface area is 147 Å². The van der Waals surface area contributed by atoms with Crippen LogP contribution in [0.3, 0.4) is 0 Å². The largest absolute Gasteiger partial charge is 0.454 e. The number of nitrogens with zero attached hydrogens (tertiary/aromatic N) is 3. The van der Waals surface area contributed by atoms with Gasteiger partial charge in [-0.3, -0.25) is 4.99 Å². The van der Waals surface area contributed by atoms with Crippen molar-refractivity contribution in [3.05, 3.63) is 41.3 Å². The number of ether oxygens (including phenoxy) is 2. The molecule has 1 N–H and O–H groups in total. The van der Waals surface area contributed by atoms with Crippen LogP contribution < -0.4 is 14.8 Å². The van der Waals surface area contributed by atoms with E-state index in [0.29, 0.717) is 19.0 Å². The minimum Gasteiger partial charge on any atom is -0.454 e. The molecular weight excluding hydrogens is 320 g/mol. The fourth-order valence-electron chi connectivity index (χ4n) is 2.62. The van der Waals surface area contributed by atoms with Crippen LogP contribution >= 0.6 is 0 Å². The van der Waals surface area contributed by atoms with Gasteiger partial charge in [0.1, 0.15) is 0 Å². The molecule has 1 aliphatic heterocycles. The maximum atomic E-state index is 5.43.